The number of aromatic amines is 1. The van der Waals surface area contributed by atoms with E-state index >= 15 is 0 Å². The van der Waals surface area contributed by atoms with Crippen molar-refractivity contribution in [2.75, 3.05) is 5.75 Å². The molecule has 0 saturated carbocycles. The van der Waals surface area contributed by atoms with E-state index in [0.717, 1.165) is 10.1 Å². The molecule has 0 aliphatic rings. The van der Waals surface area contributed by atoms with Gasteiger partial charge in [0.05, 0.1) is 5.75 Å². The summed E-state index contributed by atoms with van der Waals surface area (Å²) in [6, 6.07) is 7.38. The van der Waals surface area contributed by atoms with Crippen LogP contribution in [0.15, 0.2) is 39.0 Å². The second-order valence-corrected chi connectivity index (χ2v) is 6.49. The van der Waals surface area contributed by atoms with Gasteiger partial charge in [0.15, 0.2) is 22.1 Å². The Balaban J connectivity index is 1.88. The molecule has 0 aliphatic carbocycles. The van der Waals surface area contributed by atoms with E-state index in [1.807, 2.05) is 25.1 Å². The Morgan fingerprint density at radius 3 is 2.71 bits per heavy atom. The fourth-order valence-corrected chi connectivity index (χ4v) is 3.17. The molecule has 0 fully saturated rings. The van der Waals surface area contributed by atoms with Crippen LogP contribution in [0.25, 0.3) is 11.2 Å². The van der Waals surface area contributed by atoms with Gasteiger partial charge in [-0.3, -0.25) is 18.7 Å². The lowest BCUT2D eigenvalue weighted by molar-refractivity contribution is 0.102. The molecule has 0 saturated heterocycles. The number of hydrogen-bond acceptors (Lipinski definition) is 5. The molecule has 3 rings (SSSR count). The second-order valence-electron chi connectivity index (χ2n) is 5.53. The molecule has 0 spiro atoms. The van der Waals surface area contributed by atoms with Gasteiger partial charge in [0.2, 0.25) is 0 Å². The van der Waals surface area contributed by atoms with Crippen LogP contribution in [0.1, 0.15) is 15.9 Å². The number of rotatable bonds is 4. The number of carbonyl (C=O) groups excluding carboxylic acids is 1. The lowest BCUT2D eigenvalue weighted by atomic mass is 10.1. The van der Waals surface area contributed by atoms with Gasteiger partial charge < -0.3 is 4.98 Å². The van der Waals surface area contributed by atoms with E-state index in [9.17, 15) is 14.4 Å². The summed E-state index contributed by atoms with van der Waals surface area (Å²) in [6.45, 7) is 1.93. The highest BCUT2D eigenvalue weighted by atomic mass is 32.2. The van der Waals surface area contributed by atoms with E-state index < -0.39 is 11.2 Å². The largest absolute Gasteiger partial charge is 0.332 e. The molecule has 0 unspecified atom stereocenters. The molecule has 7 nitrogen and oxygen atoms in total. The molecule has 8 heteroatoms. The molecule has 0 aliphatic heterocycles. The molecular formula is C16H16N4O3S. The van der Waals surface area contributed by atoms with Crippen molar-refractivity contribution in [1.29, 1.82) is 0 Å². The highest BCUT2D eigenvalue weighted by Crippen LogP contribution is 2.18. The van der Waals surface area contributed by atoms with Crippen molar-refractivity contribution in [3.05, 3.63) is 56.2 Å². The van der Waals surface area contributed by atoms with Crippen LogP contribution in [0.3, 0.4) is 0 Å². The van der Waals surface area contributed by atoms with E-state index in [2.05, 4.69) is 9.97 Å². The SMILES string of the molecule is Cc1cccc(C(=O)CSc2nc3c([nH]2)c(=O)n(C)c(=O)n3C)c1. The predicted molar refractivity (Wildman–Crippen MR) is 92.8 cm³/mol. The topological polar surface area (TPSA) is 89.8 Å². The second kappa shape index (κ2) is 6.12. The predicted octanol–water partition coefficient (Wildman–Crippen LogP) is 1.24. The summed E-state index contributed by atoms with van der Waals surface area (Å²) in [6.07, 6.45) is 0. The highest BCUT2D eigenvalue weighted by molar-refractivity contribution is 7.99. The normalized spacial score (nSPS) is 11.1. The third-order valence-corrected chi connectivity index (χ3v) is 4.63. The number of fused-ring (bicyclic) bond motifs is 1. The van der Waals surface area contributed by atoms with Gasteiger partial charge in [-0.15, -0.1) is 0 Å². The molecule has 2 heterocycles. The molecule has 124 valence electrons. The zero-order valence-electron chi connectivity index (χ0n) is 13.5. The molecule has 0 amide bonds. The maximum atomic E-state index is 12.2. The average molecular weight is 344 g/mol. The van der Waals surface area contributed by atoms with Gasteiger partial charge >= 0.3 is 5.69 Å². The van der Waals surface area contributed by atoms with Gasteiger partial charge in [-0.2, -0.15) is 0 Å². The number of nitrogens with one attached hydrogen (secondary N) is 1. The van der Waals surface area contributed by atoms with Gasteiger partial charge in [0.1, 0.15) is 0 Å². The summed E-state index contributed by atoms with van der Waals surface area (Å²) in [4.78, 5) is 43.4. The first kappa shape index (κ1) is 16.3. The first-order valence-electron chi connectivity index (χ1n) is 7.27. The van der Waals surface area contributed by atoms with Crippen LogP contribution in [0, 0.1) is 6.92 Å². The number of hydrogen-bond donors (Lipinski definition) is 1. The van der Waals surface area contributed by atoms with Crippen molar-refractivity contribution in [2.45, 2.75) is 12.1 Å². The molecular weight excluding hydrogens is 328 g/mol. The van der Waals surface area contributed by atoms with E-state index in [0.29, 0.717) is 10.7 Å². The van der Waals surface area contributed by atoms with Crippen molar-refractivity contribution in [3.63, 3.8) is 0 Å². The zero-order valence-corrected chi connectivity index (χ0v) is 14.3. The quantitative estimate of drug-likeness (QED) is 0.568. The maximum absolute atomic E-state index is 12.2. The van der Waals surface area contributed by atoms with Crippen LogP contribution in [-0.4, -0.2) is 30.6 Å². The molecule has 2 aromatic heterocycles. The van der Waals surface area contributed by atoms with Crippen LogP contribution in [-0.2, 0) is 14.1 Å². The number of imidazole rings is 1. The summed E-state index contributed by atoms with van der Waals surface area (Å²) in [5, 5.41) is 0.435. The van der Waals surface area contributed by atoms with Crippen LogP contribution in [0.4, 0.5) is 0 Å². The number of benzene rings is 1. The van der Waals surface area contributed by atoms with Crippen molar-refractivity contribution in [2.24, 2.45) is 14.1 Å². The zero-order chi connectivity index (χ0) is 17.4. The van der Waals surface area contributed by atoms with E-state index in [1.54, 1.807) is 13.1 Å². The average Bonchev–Trinajstić information content (AvgIpc) is 3.00. The number of aryl methyl sites for hydroxylation is 2. The number of H-pyrrole nitrogens is 1. The fraction of sp³-hybridized carbons (Fsp3) is 0.250. The van der Waals surface area contributed by atoms with Crippen molar-refractivity contribution >= 4 is 28.7 Å². The van der Waals surface area contributed by atoms with Crippen molar-refractivity contribution in [3.8, 4) is 0 Å². The Labute approximate surface area is 141 Å². The Hall–Kier alpha value is -2.61. The Morgan fingerprint density at radius 2 is 2.00 bits per heavy atom. The van der Waals surface area contributed by atoms with E-state index in [4.69, 9.17) is 0 Å². The van der Waals surface area contributed by atoms with Gasteiger partial charge in [-0.25, -0.2) is 9.78 Å². The highest BCUT2D eigenvalue weighted by Gasteiger charge is 2.15. The van der Waals surface area contributed by atoms with Gasteiger partial charge in [-0.1, -0.05) is 35.5 Å². The summed E-state index contributed by atoms with van der Waals surface area (Å²) in [5.74, 6) is 0.170. The molecule has 3 aromatic rings. The smallest absolute Gasteiger partial charge is 0.327 e. The Bertz CT molecular complexity index is 1060. The fourth-order valence-electron chi connectivity index (χ4n) is 2.41. The lowest BCUT2D eigenvalue weighted by Crippen LogP contribution is -2.36. The van der Waals surface area contributed by atoms with Crippen LogP contribution in [0.2, 0.25) is 0 Å². The summed E-state index contributed by atoms with van der Waals surface area (Å²) in [7, 11) is 2.97. The molecule has 1 N–H and O–H groups in total. The van der Waals surface area contributed by atoms with E-state index in [-0.39, 0.29) is 22.7 Å². The monoisotopic (exact) mass is 344 g/mol. The third kappa shape index (κ3) is 2.80. The standard InChI is InChI=1S/C16H16N4O3S/c1-9-5-4-6-10(7-9)11(21)8-24-15-17-12-13(18-15)19(2)16(23)20(3)14(12)22/h4-7H,8H2,1-3H3,(H,17,18). The van der Waals surface area contributed by atoms with Crippen molar-refractivity contribution in [1.82, 2.24) is 19.1 Å². The Kier molecular flexibility index (Phi) is 4.15. The minimum Gasteiger partial charge on any atom is -0.327 e. The molecule has 0 radical (unpaired) electrons. The molecule has 1 aromatic carbocycles. The minimum absolute atomic E-state index is 0.0223. The number of carbonyl (C=O) groups is 1. The summed E-state index contributed by atoms with van der Waals surface area (Å²) in [5.41, 5.74) is 1.33. The van der Waals surface area contributed by atoms with E-state index in [1.165, 1.54) is 23.4 Å². The number of Topliss-reactive ketones (excluding diaryl/α,β-unsaturated/α-hetero) is 1. The number of ketones is 1. The van der Waals surface area contributed by atoms with Crippen molar-refractivity contribution < 1.29 is 4.79 Å². The number of thioether (sulfide) groups is 1. The summed E-state index contributed by atoms with van der Waals surface area (Å²) < 4.78 is 2.33. The van der Waals surface area contributed by atoms with Gasteiger partial charge in [0, 0.05) is 19.7 Å². The lowest BCUT2D eigenvalue weighted by Gasteiger charge is -2.00. The summed E-state index contributed by atoms with van der Waals surface area (Å²) >= 11 is 1.20. The van der Waals surface area contributed by atoms with Crippen LogP contribution >= 0.6 is 11.8 Å². The minimum atomic E-state index is -0.439. The van der Waals surface area contributed by atoms with Gasteiger partial charge in [0.25, 0.3) is 5.56 Å². The third-order valence-electron chi connectivity index (χ3n) is 3.75. The Morgan fingerprint density at radius 1 is 1.25 bits per heavy atom. The molecule has 0 atom stereocenters. The first-order chi connectivity index (χ1) is 11.4. The molecule has 24 heavy (non-hydrogen) atoms. The van der Waals surface area contributed by atoms with Crippen LogP contribution in [0.5, 0.6) is 0 Å². The van der Waals surface area contributed by atoms with Crippen LogP contribution < -0.4 is 11.2 Å². The maximum Gasteiger partial charge on any atom is 0.332 e. The first-order valence-corrected chi connectivity index (χ1v) is 8.25. The number of aromatic nitrogens is 4. The van der Waals surface area contributed by atoms with Gasteiger partial charge in [-0.05, 0) is 13.0 Å². The molecule has 0 bridgehead atoms. The number of nitrogens with zero attached hydrogens (tertiary/aromatic N) is 3.